The highest BCUT2D eigenvalue weighted by molar-refractivity contribution is 8.03. The van der Waals surface area contributed by atoms with Gasteiger partial charge >= 0.3 is 0 Å². The van der Waals surface area contributed by atoms with Crippen molar-refractivity contribution in [1.29, 1.82) is 0 Å². The number of fused-ring (bicyclic) bond motifs is 1. The van der Waals surface area contributed by atoms with Crippen molar-refractivity contribution >= 4 is 34.6 Å². The summed E-state index contributed by atoms with van der Waals surface area (Å²) in [5, 5.41) is 3.21. The summed E-state index contributed by atoms with van der Waals surface area (Å²) in [5.41, 5.74) is 8.34. The Hall–Kier alpha value is -3.13. The molecule has 32 heavy (non-hydrogen) atoms. The molecule has 0 spiro atoms. The SMILES string of the molecule is C/C=C(\SC)C(=O)NC1CCCC(n2c(-c3ccccn3)nc3cc(C(N)=O)ccc32)C1. The Kier molecular flexibility index (Phi) is 6.60. The number of rotatable bonds is 6. The molecule has 2 heterocycles. The lowest BCUT2D eigenvalue weighted by Crippen LogP contribution is -2.39. The van der Waals surface area contributed by atoms with Gasteiger partial charge in [-0.15, -0.1) is 11.8 Å². The third-order valence-electron chi connectivity index (χ3n) is 5.92. The zero-order chi connectivity index (χ0) is 22.7. The zero-order valence-electron chi connectivity index (χ0n) is 18.2. The standard InChI is InChI=1S/C24H27N5O2S/c1-3-21(32-2)24(31)27-16-7-6-8-17(14-16)29-20-11-10-15(22(25)30)13-19(20)28-23(29)18-9-4-5-12-26-18/h3-5,9-13,16-17H,6-8,14H2,1-2H3,(H2,25,30)(H,27,31)/b21-3-. The van der Waals surface area contributed by atoms with Gasteiger partial charge in [0.1, 0.15) is 5.69 Å². The molecule has 0 saturated heterocycles. The van der Waals surface area contributed by atoms with Crippen LogP contribution in [-0.4, -0.2) is 38.6 Å². The van der Waals surface area contributed by atoms with Crippen LogP contribution in [-0.2, 0) is 4.79 Å². The fourth-order valence-electron chi connectivity index (χ4n) is 4.43. The van der Waals surface area contributed by atoms with E-state index in [2.05, 4.69) is 14.9 Å². The number of nitrogens with one attached hydrogen (secondary N) is 1. The number of nitrogens with zero attached hydrogens (tertiary/aromatic N) is 3. The predicted octanol–water partition coefficient (Wildman–Crippen LogP) is 4.06. The predicted molar refractivity (Wildman–Crippen MR) is 128 cm³/mol. The van der Waals surface area contributed by atoms with Gasteiger partial charge in [-0.3, -0.25) is 14.6 Å². The van der Waals surface area contributed by atoms with Gasteiger partial charge in [0.25, 0.3) is 5.91 Å². The summed E-state index contributed by atoms with van der Waals surface area (Å²) in [6.07, 6.45) is 9.24. The third kappa shape index (κ3) is 4.41. The van der Waals surface area contributed by atoms with Crippen molar-refractivity contribution < 1.29 is 9.59 Å². The van der Waals surface area contributed by atoms with E-state index < -0.39 is 5.91 Å². The Labute approximate surface area is 191 Å². The quantitative estimate of drug-likeness (QED) is 0.552. The molecule has 0 aliphatic heterocycles. The molecule has 1 fully saturated rings. The van der Waals surface area contributed by atoms with Crippen molar-refractivity contribution in [2.45, 2.75) is 44.7 Å². The summed E-state index contributed by atoms with van der Waals surface area (Å²) in [5.74, 6) is 0.268. The summed E-state index contributed by atoms with van der Waals surface area (Å²) in [4.78, 5) is 34.4. The van der Waals surface area contributed by atoms with E-state index in [1.807, 2.05) is 43.5 Å². The van der Waals surface area contributed by atoms with E-state index in [0.717, 1.165) is 47.6 Å². The second-order valence-corrected chi connectivity index (χ2v) is 8.78. The number of nitrogens with two attached hydrogens (primary N) is 1. The summed E-state index contributed by atoms with van der Waals surface area (Å²) < 4.78 is 2.21. The monoisotopic (exact) mass is 449 g/mol. The number of carbonyl (C=O) groups excluding carboxylic acids is 2. The van der Waals surface area contributed by atoms with Gasteiger partial charge in [0, 0.05) is 23.8 Å². The number of carbonyl (C=O) groups is 2. The molecule has 2 amide bonds. The van der Waals surface area contributed by atoms with Crippen LogP contribution in [0.5, 0.6) is 0 Å². The third-order valence-corrected chi connectivity index (χ3v) is 6.78. The number of benzene rings is 1. The van der Waals surface area contributed by atoms with E-state index >= 15 is 0 Å². The molecule has 0 bridgehead atoms. The Morgan fingerprint density at radius 2 is 2.09 bits per heavy atom. The van der Waals surface area contributed by atoms with Crippen LogP contribution in [0.3, 0.4) is 0 Å². The molecule has 4 rings (SSSR count). The van der Waals surface area contributed by atoms with Crippen molar-refractivity contribution in [2.75, 3.05) is 6.26 Å². The van der Waals surface area contributed by atoms with E-state index in [9.17, 15) is 9.59 Å². The normalized spacial score (nSPS) is 19.1. The first-order chi connectivity index (χ1) is 15.5. The van der Waals surface area contributed by atoms with Gasteiger partial charge in [-0.1, -0.05) is 12.1 Å². The van der Waals surface area contributed by atoms with Crippen LogP contribution in [0.2, 0.25) is 0 Å². The first kappa shape index (κ1) is 22.1. The summed E-state index contributed by atoms with van der Waals surface area (Å²) >= 11 is 1.46. The topological polar surface area (TPSA) is 103 Å². The summed E-state index contributed by atoms with van der Waals surface area (Å²) in [6, 6.07) is 11.4. The van der Waals surface area contributed by atoms with Crippen LogP contribution < -0.4 is 11.1 Å². The minimum absolute atomic E-state index is 0.0165. The van der Waals surface area contributed by atoms with Crippen LogP contribution in [0.25, 0.3) is 22.6 Å². The molecule has 7 nitrogen and oxygen atoms in total. The fourth-order valence-corrected chi connectivity index (χ4v) is 4.91. The molecule has 2 atom stereocenters. The molecule has 3 aromatic rings. The molecule has 8 heteroatoms. The fraction of sp³-hybridized carbons (Fsp3) is 0.333. The number of hydrogen-bond acceptors (Lipinski definition) is 5. The number of hydrogen-bond donors (Lipinski definition) is 2. The van der Waals surface area contributed by atoms with Crippen LogP contribution in [0, 0.1) is 0 Å². The lowest BCUT2D eigenvalue weighted by Gasteiger charge is -2.32. The highest BCUT2D eigenvalue weighted by Crippen LogP contribution is 2.36. The molecule has 1 aliphatic carbocycles. The highest BCUT2D eigenvalue weighted by atomic mass is 32.2. The van der Waals surface area contributed by atoms with Crippen LogP contribution >= 0.6 is 11.8 Å². The zero-order valence-corrected chi connectivity index (χ0v) is 19.1. The van der Waals surface area contributed by atoms with Crippen molar-refractivity contribution in [3.8, 4) is 11.5 Å². The first-order valence-corrected chi connectivity index (χ1v) is 12.0. The molecular formula is C24H27N5O2S. The largest absolute Gasteiger partial charge is 0.366 e. The lowest BCUT2D eigenvalue weighted by molar-refractivity contribution is -0.117. The Balaban J connectivity index is 1.72. The molecule has 2 aromatic heterocycles. The number of primary amides is 1. The number of amides is 2. The minimum atomic E-state index is -0.477. The van der Waals surface area contributed by atoms with E-state index in [4.69, 9.17) is 10.7 Å². The Bertz CT molecular complexity index is 1170. The number of pyridine rings is 1. The van der Waals surface area contributed by atoms with E-state index in [0.29, 0.717) is 11.1 Å². The van der Waals surface area contributed by atoms with Gasteiger partial charge in [-0.25, -0.2) is 4.98 Å². The first-order valence-electron chi connectivity index (χ1n) is 10.8. The summed E-state index contributed by atoms with van der Waals surface area (Å²) in [7, 11) is 0. The minimum Gasteiger partial charge on any atom is -0.366 e. The van der Waals surface area contributed by atoms with Gasteiger partial charge in [-0.05, 0) is 69.2 Å². The number of thioether (sulfide) groups is 1. The van der Waals surface area contributed by atoms with Crippen LogP contribution in [0.4, 0.5) is 0 Å². The van der Waals surface area contributed by atoms with Crippen molar-refractivity contribution in [3.05, 3.63) is 59.1 Å². The molecule has 1 aliphatic rings. The smallest absolute Gasteiger partial charge is 0.257 e. The van der Waals surface area contributed by atoms with E-state index in [1.165, 1.54) is 11.8 Å². The maximum atomic E-state index is 12.6. The maximum absolute atomic E-state index is 12.6. The summed E-state index contributed by atoms with van der Waals surface area (Å²) in [6.45, 7) is 1.88. The van der Waals surface area contributed by atoms with Crippen molar-refractivity contribution in [1.82, 2.24) is 19.9 Å². The van der Waals surface area contributed by atoms with Gasteiger partial charge in [-0.2, -0.15) is 0 Å². The highest BCUT2D eigenvalue weighted by Gasteiger charge is 2.29. The Morgan fingerprint density at radius 3 is 2.78 bits per heavy atom. The second-order valence-electron chi connectivity index (χ2n) is 7.94. The molecule has 2 unspecified atom stereocenters. The number of imidazole rings is 1. The maximum Gasteiger partial charge on any atom is 0.257 e. The van der Waals surface area contributed by atoms with Gasteiger partial charge < -0.3 is 15.6 Å². The molecule has 3 N–H and O–H groups in total. The number of allylic oxidation sites excluding steroid dienone is 1. The molecule has 1 aromatic carbocycles. The average Bonchev–Trinajstić information content (AvgIpc) is 3.19. The van der Waals surface area contributed by atoms with Crippen LogP contribution in [0.15, 0.2) is 53.6 Å². The van der Waals surface area contributed by atoms with Crippen LogP contribution in [0.1, 0.15) is 49.0 Å². The van der Waals surface area contributed by atoms with Crippen molar-refractivity contribution in [2.24, 2.45) is 5.73 Å². The molecular weight excluding hydrogens is 422 g/mol. The lowest BCUT2D eigenvalue weighted by atomic mass is 9.90. The molecule has 0 radical (unpaired) electrons. The van der Waals surface area contributed by atoms with E-state index in [1.54, 1.807) is 18.3 Å². The second kappa shape index (κ2) is 9.56. The Morgan fingerprint density at radius 1 is 1.25 bits per heavy atom. The number of aromatic nitrogens is 3. The van der Waals surface area contributed by atoms with E-state index in [-0.39, 0.29) is 18.0 Å². The molecule has 166 valence electrons. The van der Waals surface area contributed by atoms with Gasteiger partial charge in [0.05, 0.1) is 15.9 Å². The average molecular weight is 450 g/mol. The van der Waals surface area contributed by atoms with Gasteiger partial charge in [0.15, 0.2) is 5.82 Å². The van der Waals surface area contributed by atoms with Crippen molar-refractivity contribution in [3.63, 3.8) is 0 Å². The van der Waals surface area contributed by atoms with Gasteiger partial charge in [0.2, 0.25) is 5.91 Å². The molecule has 1 saturated carbocycles.